The summed E-state index contributed by atoms with van der Waals surface area (Å²) in [5.41, 5.74) is 0.763. The van der Waals surface area contributed by atoms with Crippen LogP contribution in [0.25, 0.3) is 11.1 Å². The first-order chi connectivity index (χ1) is 6.94. The van der Waals surface area contributed by atoms with Crippen molar-refractivity contribution < 1.29 is 14.3 Å². The molecule has 15 heavy (non-hydrogen) atoms. The number of hydrogen-bond donors (Lipinski definition) is 1. The summed E-state index contributed by atoms with van der Waals surface area (Å²) in [6, 6.07) is 1.77. The lowest BCUT2D eigenvalue weighted by atomic mass is 9.89. The molecule has 5 nitrogen and oxygen atoms in total. The van der Waals surface area contributed by atoms with Gasteiger partial charge in [-0.15, -0.1) is 0 Å². The van der Waals surface area contributed by atoms with E-state index in [-0.39, 0.29) is 0 Å². The van der Waals surface area contributed by atoms with Gasteiger partial charge in [-0.2, -0.15) is 5.10 Å². The van der Waals surface area contributed by atoms with Crippen molar-refractivity contribution in [3.05, 3.63) is 18.0 Å². The molecule has 80 valence electrons. The SMILES string of the molecule is Cn1nc(C(C)(C)C(=O)O)c2occc21. The van der Waals surface area contributed by atoms with Gasteiger partial charge in [0.15, 0.2) is 5.58 Å². The number of nitrogens with zero attached hydrogens (tertiary/aromatic N) is 2. The van der Waals surface area contributed by atoms with Crippen molar-refractivity contribution >= 4 is 17.1 Å². The fourth-order valence-electron chi connectivity index (χ4n) is 1.49. The van der Waals surface area contributed by atoms with Gasteiger partial charge in [-0.05, 0) is 13.8 Å². The van der Waals surface area contributed by atoms with Crippen molar-refractivity contribution in [1.82, 2.24) is 9.78 Å². The van der Waals surface area contributed by atoms with E-state index < -0.39 is 11.4 Å². The summed E-state index contributed by atoms with van der Waals surface area (Å²) in [4.78, 5) is 11.1. The molecule has 1 N–H and O–H groups in total. The first kappa shape index (κ1) is 9.76. The van der Waals surface area contributed by atoms with Gasteiger partial charge in [0.25, 0.3) is 0 Å². The van der Waals surface area contributed by atoms with Crippen LogP contribution in [0.5, 0.6) is 0 Å². The zero-order valence-electron chi connectivity index (χ0n) is 8.81. The second-order valence-corrected chi connectivity index (χ2v) is 4.04. The van der Waals surface area contributed by atoms with Gasteiger partial charge < -0.3 is 9.52 Å². The normalized spacial score (nSPS) is 12.2. The third-order valence-corrected chi connectivity index (χ3v) is 2.58. The van der Waals surface area contributed by atoms with Crippen LogP contribution in [0.4, 0.5) is 0 Å². The molecule has 5 heteroatoms. The Labute approximate surface area is 86.3 Å². The summed E-state index contributed by atoms with van der Waals surface area (Å²) in [5, 5.41) is 13.3. The van der Waals surface area contributed by atoms with Gasteiger partial charge in [-0.1, -0.05) is 0 Å². The lowest BCUT2D eigenvalue weighted by molar-refractivity contribution is -0.142. The van der Waals surface area contributed by atoms with Gasteiger partial charge in [-0.3, -0.25) is 9.48 Å². The quantitative estimate of drug-likeness (QED) is 0.812. The predicted octanol–water partition coefficient (Wildman–Crippen LogP) is 1.53. The zero-order valence-corrected chi connectivity index (χ0v) is 8.81. The second-order valence-electron chi connectivity index (χ2n) is 4.04. The minimum absolute atomic E-state index is 0.456. The monoisotopic (exact) mass is 208 g/mol. The van der Waals surface area contributed by atoms with E-state index in [0.717, 1.165) is 5.52 Å². The number of aromatic nitrogens is 2. The molecule has 0 atom stereocenters. The van der Waals surface area contributed by atoms with Crippen LogP contribution in [0.1, 0.15) is 19.5 Å². The smallest absolute Gasteiger partial charge is 0.315 e. The number of aliphatic carboxylic acids is 1. The lowest BCUT2D eigenvalue weighted by Crippen LogP contribution is -2.29. The van der Waals surface area contributed by atoms with Gasteiger partial charge in [0, 0.05) is 13.1 Å². The van der Waals surface area contributed by atoms with Crippen LogP contribution in [0.2, 0.25) is 0 Å². The molecule has 0 amide bonds. The van der Waals surface area contributed by atoms with Crippen LogP contribution in [0.3, 0.4) is 0 Å². The third-order valence-electron chi connectivity index (χ3n) is 2.58. The van der Waals surface area contributed by atoms with Gasteiger partial charge in [0.05, 0.1) is 6.26 Å². The fraction of sp³-hybridized carbons (Fsp3) is 0.400. The largest absolute Gasteiger partial charge is 0.481 e. The number of carbonyl (C=O) groups is 1. The number of carboxylic acid groups (broad SMARTS) is 1. The van der Waals surface area contributed by atoms with Crippen LogP contribution in [-0.2, 0) is 17.3 Å². The highest BCUT2D eigenvalue weighted by Gasteiger charge is 2.35. The third kappa shape index (κ3) is 1.23. The van der Waals surface area contributed by atoms with Crippen LogP contribution in [-0.4, -0.2) is 20.9 Å². The molecular weight excluding hydrogens is 196 g/mol. The number of hydrogen-bond acceptors (Lipinski definition) is 3. The highest BCUT2D eigenvalue weighted by atomic mass is 16.4. The lowest BCUT2D eigenvalue weighted by Gasteiger charge is -2.15. The minimum Gasteiger partial charge on any atom is -0.481 e. The highest BCUT2D eigenvalue weighted by Crippen LogP contribution is 2.30. The zero-order chi connectivity index (χ0) is 11.2. The average Bonchev–Trinajstić information content (AvgIpc) is 2.69. The molecule has 0 aromatic carbocycles. The predicted molar refractivity (Wildman–Crippen MR) is 53.6 cm³/mol. The molecule has 0 aliphatic rings. The minimum atomic E-state index is -1.04. The number of aryl methyl sites for hydroxylation is 1. The highest BCUT2D eigenvalue weighted by molar-refractivity contribution is 5.87. The molecule has 2 rings (SSSR count). The van der Waals surface area contributed by atoms with Crippen molar-refractivity contribution in [2.45, 2.75) is 19.3 Å². The summed E-state index contributed by atoms with van der Waals surface area (Å²) in [5.74, 6) is -0.918. The first-order valence-electron chi connectivity index (χ1n) is 4.58. The number of carboxylic acids is 1. The standard InChI is InChI=1S/C10H12N2O3/c1-10(2,9(13)14)8-7-6(4-5-15-7)12(3)11-8/h4-5H,1-3H3,(H,13,14). The molecule has 0 aliphatic carbocycles. The van der Waals surface area contributed by atoms with E-state index in [1.165, 1.54) is 6.26 Å². The molecule has 0 aliphatic heterocycles. The van der Waals surface area contributed by atoms with Gasteiger partial charge in [0.2, 0.25) is 0 Å². The Morgan fingerprint density at radius 3 is 2.87 bits per heavy atom. The number of furan rings is 1. The maximum atomic E-state index is 11.1. The summed E-state index contributed by atoms with van der Waals surface area (Å²) in [6.07, 6.45) is 1.54. The van der Waals surface area contributed by atoms with Gasteiger partial charge in [0.1, 0.15) is 16.6 Å². The van der Waals surface area contributed by atoms with Crippen molar-refractivity contribution in [3.63, 3.8) is 0 Å². The average molecular weight is 208 g/mol. The summed E-state index contributed by atoms with van der Waals surface area (Å²) >= 11 is 0. The van der Waals surface area contributed by atoms with Gasteiger partial charge >= 0.3 is 5.97 Å². The molecule has 0 radical (unpaired) electrons. The molecular formula is C10H12N2O3. The van der Waals surface area contributed by atoms with Crippen molar-refractivity contribution in [2.75, 3.05) is 0 Å². The van der Waals surface area contributed by atoms with E-state index in [1.54, 1.807) is 31.6 Å². The Morgan fingerprint density at radius 2 is 2.27 bits per heavy atom. The van der Waals surface area contributed by atoms with Crippen molar-refractivity contribution in [3.8, 4) is 0 Å². The molecule has 0 saturated carbocycles. The first-order valence-corrected chi connectivity index (χ1v) is 4.58. The number of rotatable bonds is 2. The summed E-state index contributed by atoms with van der Waals surface area (Å²) < 4.78 is 6.88. The maximum Gasteiger partial charge on any atom is 0.315 e. The van der Waals surface area contributed by atoms with Crippen LogP contribution >= 0.6 is 0 Å². The molecule has 0 fully saturated rings. The Morgan fingerprint density at radius 1 is 1.60 bits per heavy atom. The second kappa shape index (κ2) is 2.85. The van der Waals surface area contributed by atoms with E-state index >= 15 is 0 Å². The Kier molecular flexibility index (Phi) is 1.86. The number of fused-ring (bicyclic) bond motifs is 1. The topological polar surface area (TPSA) is 68.3 Å². The Bertz CT molecular complexity index is 522. The molecule has 2 aromatic heterocycles. The van der Waals surface area contributed by atoms with E-state index in [9.17, 15) is 4.79 Å². The summed E-state index contributed by atoms with van der Waals surface area (Å²) in [6.45, 7) is 3.22. The Hall–Kier alpha value is -1.78. The van der Waals surface area contributed by atoms with Gasteiger partial charge in [-0.25, -0.2) is 0 Å². The molecule has 0 bridgehead atoms. The molecule has 0 spiro atoms. The van der Waals surface area contributed by atoms with Crippen molar-refractivity contribution in [1.29, 1.82) is 0 Å². The van der Waals surface area contributed by atoms with E-state index in [4.69, 9.17) is 9.52 Å². The van der Waals surface area contributed by atoms with Crippen LogP contribution in [0, 0.1) is 0 Å². The van der Waals surface area contributed by atoms with Crippen LogP contribution < -0.4 is 0 Å². The molecule has 2 aromatic rings. The molecule has 0 saturated heterocycles. The van der Waals surface area contributed by atoms with Crippen molar-refractivity contribution in [2.24, 2.45) is 7.05 Å². The molecule has 2 heterocycles. The Balaban J connectivity index is 2.71. The fourth-order valence-corrected chi connectivity index (χ4v) is 1.49. The van der Waals surface area contributed by atoms with E-state index in [2.05, 4.69) is 5.10 Å². The summed E-state index contributed by atoms with van der Waals surface area (Å²) in [7, 11) is 1.76. The van der Waals surface area contributed by atoms with Crippen LogP contribution in [0.15, 0.2) is 16.7 Å². The molecule has 0 unspecified atom stereocenters. The maximum absolute atomic E-state index is 11.1. The van der Waals surface area contributed by atoms with E-state index in [1.807, 2.05) is 0 Å². The van der Waals surface area contributed by atoms with E-state index in [0.29, 0.717) is 11.3 Å².